The van der Waals surface area contributed by atoms with Crippen molar-refractivity contribution in [2.75, 3.05) is 19.6 Å². The summed E-state index contributed by atoms with van der Waals surface area (Å²) in [5.41, 5.74) is 7.80. The lowest BCUT2D eigenvalue weighted by atomic mass is 10.0. The van der Waals surface area contributed by atoms with Crippen LogP contribution >= 0.6 is 0 Å². The Balaban J connectivity index is 1.63. The van der Waals surface area contributed by atoms with Gasteiger partial charge < -0.3 is 10.6 Å². The van der Waals surface area contributed by atoms with Crippen molar-refractivity contribution >= 4 is 5.91 Å². The summed E-state index contributed by atoms with van der Waals surface area (Å²) in [6.45, 7) is 5.86. The van der Waals surface area contributed by atoms with E-state index in [0.717, 1.165) is 24.2 Å². The van der Waals surface area contributed by atoms with E-state index in [1.165, 1.54) is 19.4 Å². The molecule has 4 nitrogen and oxygen atoms in total. The summed E-state index contributed by atoms with van der Waals surface area (Å²) in [7, 11) is 0. The van der Waals surface area contributed by atoms with E-state index in [1.54, 1.807) is 0 Å². The number of benzene rings is 1. The predicted molar refractivity (Wildman–Crippen MR) is 83.8 cm³/mol. The van der Waals surface area contributed by atoms with E-state index in [2.05, 4.69) is 16.7 Å². The fourth-order valence-corrected chi connectivity index (χ4v) is 3.60. The minimum atomic E-state index is 0.259. The van der Waals surface area contributed by atoms with Gasteiger partial charge in [0.15, 0.2) is 0 Å². The third-order valence-electron chi connectivity index (χ3n) is 4.87. The first-order valence-corrected chi connectivity index (χ1v) is 7.99. The van der Waals surface area contributed by atoms with Gasteiger partial charge in [0.1, 0.15) is 0 Å². The summed E-state index contributed by atoms with van der Waals surface area (Å²) in [5, 5.41) is 0. The maximum Gasteiger partial charge on any atom is 0.227 e. The topological polar surface area (TPSA) is 49.6 Å². The molecule has 2 aliphatic rings. The van der Waals surface area contributed by atoms with Crippen molar-refractivity contribution in [3.05, 3.63) is 35.4 Å². The Labute approximate surface area is 126 Å². The monoisotopic (exact) mass is 287 g/mol. The van der Waals surface area contributed by atoms with Crippen LogP contribution in [0.2, 0.25) is 0 Å². The van der Waals surface area contributed by atoms with Gasteiger partial charge in [-0.1, -0.05) is 24.3 Å². The number of nitrogens with two attached hydrogens (primary N) is 1. The molecule has 1 aromatic carbocycles. The van der Waals surface area contributed by atoms with Crippen LogP contribution in [0.3, 0.4) is 0 Å². The Morgan fingerprint density at radius 2 is 1.95 bits per heavy atom. The number of hydrogen-bond acceptors (Lipinski definition) is 3. The van der Waals surface area contributed by atoms with Crippen LogP contribution in [-0.2, 0) is 17.8 Å². The van der Waals surface area contributed by atoms with Gasteiger partial charge in [-0.05, 0) is 37.4 Å². The zero-order chi connectivity index (χ0) is 14.8. The summed E-state index contributed by atoms with van der Waals surface area (Å²) in [4.78, 5) is 17.2. The van der Waals surface area contributed by atoms with Gasteiger partial charge in [0, 0.05) is 31.7 Å². The smallest absolute Gasteiger partial charge is 0.227 e. The lowest BCUT2D eigenvalue weighted by Gasteiger charge is -2.42. The number of fused-ring (bicyclic) bond motifs is 1. The molecule has 114 valence electrons. The van der Waals surface area contributed by atoms with Crippen LogP contribution in [0.25, 0.3) is 0 Å². The molecule has 0 aromatic heterocycles. The minimum absolute atomic E-state index is 0.259. The first-order valence-electron chi connectivity index (χ1n) is 7.99. The fourth-order valence-electron chi connectivity index (χ4n) is 3.60. The second-order valence-electron chi connectivity index (χ2n) is 6.38. The highest BCUT2D eigenvalue weighted by atomic mass is 16.2. The second kappa shape index (κ2) is 6.16. The summed E-state index contributed by atoms with van der Waals surface area (Å²) in [5.74, 6) is 0.259. The van der Waals surface area contributed by atoms with Gasteiger partial charge in [0.2, 0.25) is 5.91 Å². The SMILES string of the molecule is CC1CN2CCCC2CN1C(=O)Cc1ccc(CN)cc1. The van der Waals surface area contributed by atoms with Crippen molar-refractivity contribution in [3.63, 3.8) is 0 Å². The summed E-state index contributed by atoms with van der Waals surface area (Å²) in [6, 6.07) is 9.00. The van der Waals surface area contributed by atoms with Gasteiger partial charge in [-0.15, -0.1) is 0 Å². The standard InChI is InChI=1S/C17H25N3O/c1-13-11-19-8-2-3-16(19)12-20(13)17(21)9-14-4-6-15(10-18)7-5-14/h4-7,13,16H,2-3,8-12,18H2,1H3. The lowest BCUT2D eigenvalue weighted by molar-refractivity contribution is -0.136. The van der Waals surface area contributed by atoms with Crippen molar-refractivity contribution in [2.45, 2.75) is 44.8 Å². The zero-order valence-corrected chi connectivity index (χ0v) is 12.8. The maximum absolute atomic E-state index is 12.6. The van der Waals surface area contributed by atoms with Gasteiger partial charge >= 0.3 is 0 Å². The van der Waals surface area contributed by atoms with Crippen molar-refractivity contribution in [1.82, 2.24) is 9.80 Å². The van der Waals surface area contributed by atoms with E-state index >= 15 is 0 Å². The summed E-state index contributed by atoms with van der Waals surface area (Å²) >= 11 is 0. The predicted octanol–water partition coefficient (Wildman–Crippen LogP) is 1.38. The largest absolute Gasteiger partial charge is 0.337 e. The highest BCUT2D eigenvalue weighted by Gasteiger charge is 2.36. The molecule has 1 amide bonds. The number of carbonyl (C=O) groups excluding carboxylic acids is 1. The quantitative estimate of drug-likeness (QED) is 0.914. The number of carbonyl (C=O) groups is 1. The van der Waals surface area contributed by atoms with Gasteiger partial charge in [-0.3, -0.25) is 9.69 Å². The molecule has 1 aromatic rings. The molecule has 4 heteroatoms. The third-order valence-corrected chi connectivity index (χ3v) is 4.87. The van der Waals surface area contributed by atoms with E-state index in [9.17, 15) is 4.79 Å². The number of amides is 1. The van der Waals surface area contributed by atoms with E-state index in [-0.39, 0.29) is 5.91 Å². The van der Waals surface area contributed by atoms with Crippen molar-refractivity contribution < 1.29 is 4.79 Å². The number of piperazine rings is 1. The Morgan fingerprint density at radius 3 is 2.67 bits per heavy atom. The highest BCUT2D eigenvalue weighted by molar-refractivity contribution is 5.79. The molecule has 2 unspecified atom stereocenters. The molecule has 2 saturated heterocycles. The first kappa shape index (κ1) is 14.5. The highest BCUT2D eigenvalue weighted by Crippen LogP contribution is 2.25. The molecular weight excluding hydrogens is 262 g/mol. The molecule has 0 saturated carbocycles. The van der Waals surface area contributed by atoms with Crippen LogP contribution in [-0.4, -0.2) is 47.4 Å². The summed E-state index contributed by atoms with van der Waals surface area (Å²) < 4.78 is 0. The number of rotatable bonds is 3. The average molecular weight is 287 g/mol. The van der Waals surface area contributed by atoms with Crippen molar-refractivity contribution in [1.29, 1.82) is 0 Å². The van der Waals surface area contributed by atoms with Gasteiger partial charge in [0.25, 0.3) is 0 Å². The first-order chi connectivity index (χ1) is 10.2. The molecule has 2 aliphatic heterocycles. The molecule has 0 spiro atoms. The maximum atomic E-state index is 12.6. The normalized spacial score (nSPS) is 25.9. The molecule has 0 radical (unpaired) electrons. The molecule has 21 heavy (non-hydrogen) atoms. The molecular formula is C17H25N3O. The molecule has 3 rings (SSSR count). The molecule has 2 fully saturated rings. The average Bonchev–Trinajstić information content (AvgIpc) is 2.94. The summed E-state index contributed by atoms with van der Waals surface area (Å²) in [6.07, 6.45) is 3.02. The Kier molecular flexibility index (Phi) is 4.27. The fraction of sp³-hybridized carbons (Fsp3) is 0.588. The van der Waals surface area contributed by atoms with E-state index < -0.39 is 0 Å². The Bertz CT molecular complexity index is 499. The van der Waals surface area contributed by atoms with Crippen LogP contribution < -0.4 is 5.73 Å². The van der Waals surface area contributed by atoms with Crippen LogP contribution in [0.4, 0.5) is 0 Å². The van der Waals surface area contributed by atoms with Crippen LogP contribution in [0.15, 0.2) is 24.3 Å². The van der Waals surface area contributed by atoms with Crippen LogP contribution in [0.5, 0.6) is 0 Å². The molecule has 0 bridgehead atoms. The Hall–Kier alpha value is -1.39. The van der Waals surface area contributed by atoms with E-state index in [1.807, 2.05) is 24.3 Å². The van der Waals surface area contributed by atoms with Crippen molar-refractivity contribution in [3.8, 4) is 0 Å². The molecule has 2 N–H and O–H groups in total. The van der Waals surface area contributed by atoms with Crippen molar-refractivity contribution in [2.24, 2.45) is 5.73 Å². The second-order valence-corrected chi connectivity index (χ2v) is 6.38. The molecule has 2 atom stereocenters. The Morgan fingerprint density at radius 1 is 1.24 bits per heavy atom. The molecule has 0 aliphatic carbocycles. The minimum Gasteiger partial charge on any atom is -0.337 e. The van der Waals surface area contributed by atoms with Gasteiger partial charge in [-0.25, -0.2) is 0 Å². The number of hydrogen-bond donors (Lipinski definition) is 1. The van der Waals surface area contributed by atoms with Gasteiger partial charge in [-0.2, -0.15) is 0 Å². The number of nitrogens with zero attached hydrogens (tertiary/aromatic N) is 2. The van der Waals surface area contributed by atoms with Crippen LogP contribution in [0.1, 0.15) is 30.9 Å². The third kappa shape index (κ3) is 3.11. The van der Waals surface area contributed by atoms with E-state index in [0.29, 0.717) is 25.0 Å². The van der Waals surface area contributed by atoms with Crippen LogP contribution in [0, 0.1) is 0 Å². The molecule has 2 heterocycles. The van der Waals surface area contributed by atoms with Gasteiger partial charge in [0.05, 0.1) is 6.42 Å². The lowest BCUT2D eigenvalue weighted by Crippen LogP contribution is -2.57. The zero-order valence-electron chi connectivity index (χ0n) is 12.8. The van der Waals surface area contributed by atoms with E-state index in [4.69, 9.17) is 5.73 Å².